The van der Waals surface area contributed by atoms with Crippen LogP contribution in [0.4, 0.5) is 4.79 Å². The highest BCUT2D eigenvalue weighted by atomic mass is 16.6. The number of hydrogen-bond acceptors (Lipinski definition) is 4. The van der Waals surface area contributed by atoms with Crippen LogP contribution in [0.5, 0.6) is 5.75 Å². The van der Waals surface area contributed by atoms with Gasteiger partial charge in [-0.25, -0.2) is 4.79 Å². The highest BCUT2D eigenvalue weighted by molar-refractivity contribution is 5.67. The van der Waals surface area contributed by atoms with Crippen LogP contribution in [-0.2, 0) is 4.74 Å². The van der Waals surface area contributed by atoms with E-state index in [0.29, 0.717) is 12.5 Å². The number of aryl methyl sites for hydroxylation is 1. The molecule has 0 aliphatic carbocycles. The average molecular weight is 348 g/mol. The van der Waals surface area contributed by atoms with Crippen molar-refractivity contribution < 1.29 is 14.3 Å². The molecular weight excluding hydrogens is 316 g/mol. The van der Waals surface area contributed by atoms with Crippen molar-refractivity contribution in [1.29, 1.82) is 0 Å². The molecule has 0 spiro atoms. The van der Waals surface area contributed by atoms with Gasteiger partial charge < -0.3 is 19.3 Å². The van der Waals surface area contributed by atoms with E-state index in [1.165, 1.54) is 5.56 Å². The Labute approximate surface area is 151 Å². The van der Waals surface area contributed by atoms with Crippen LogP contribution in [0, 0.1) is 12.8 Å². The van der Waals surface area contributed by atoms with Gasteiger partial charge in [-0.1, -0.05) is 32.0 Å². The molecule has 0 bridgehead atoms. The first-order chi connectivity index (χ1) is 12.1. The van der Waals surface area contributed by atoms with E-state index in [4.69, 9.17) is 9.47 Å². The smallest absolute Gasteiger partial charge is 0.409 e. The Balaban J connectivity index is 1.65. The molecule has 140 valence electrons. The van der Waals surface area contributed by atoms with E-state index in [9.17, 15) is 4.79 Å². The molecule has 25 heavy (non-hydrogen) atoms. The van der Waals surface area contributed by atoms with Gasteiger partial charge in [0.15, 0.2) is 0 Å². The highest BCUT2D eigenvalue weighted by Gasteiger charge is 2.20. The maximum Gasteiger partial charge on any atom is 0.409 e. The number of nitrogens with zero attached hydrogens (tertiary/aromatic N) is 2. The van der Waals surface area contributed by atoms with Crippen LogP contribution in [-0.4, -0.2) is 61.8 Å². The molecule has 1 aromatic carbocycles. The summed E-state index contributed by atoms with van der Waals surface area (Å²) in [4.78, 5) is 16.3. The summed E-state index contributed by atoms with van der Waals surface area (Å²) in [6.45, 7) is 11.9. The Morgan fingerprint density at radius 2 is 1.96 bits per heavy atom. The lowest BCUT2D eigenvalue weighted by Crippen LogP contribution is -2.36. The first-order valence-corrected chi connectivity index (χ1v) is 9.38. The van der Waals surface area contributed by atoms with Crippen LogP contribution >= 0.6 is 0 Å². The van der Waals surface area contributed by atoms with Crippen molar-refractivity contribution in [2.24, 2.45) is 5.92 Å². The summed E-state index contributed by atoms with van der Waals surface area (Å²) in [5, 5.41) is 0. The summed E-state index contributed by atoms with van der Waals surface area (Å²) in [6.07, 6.45) is 1.82. The summed E-state index contributed by atoms with van der Waals surface area (Å²) in [6, 6.07) is 8.11. The summed E-state index contributed by atoms with van der Waals surface area (Å²) in [5.74, 6) is 1.35. The third-order valence-corrected chi connectivity index (χ3v) is 4.36. The minimum absolute atomic E-state index is 0.168. The summed E-state index contributed by atoms with van der Waals surface area (Å²) >= 11 is 0. The zero-order chi connectivity index (χ0) is 18.1. The van der Waals surface area contributed by atoms with Crippen LogP contribution in [0.15, 0.2) is 24.3 Å². The molecule has 1 amide bonds. The largest absolute Gasteiger partial charge is 0.493 e. The van der Waals surface area contributed by atoms with Crippen LogP contribution in [0.25, 0.3) is 0 Å². The quantitative estimate of drug-likeness (QED) is 0.707. The second kappa shape index (κ2) is 10.3. The van der Waals surface area contributed by atoms with Crippen molar-refractivity contribution in [2.75, 3.05) is 45.9 Å². The van der Waals surface area contributed by atoms with Crippen molar-refractivity contribution in [3.63, 3.8) is 0 Å². The normalized spacial score (nSPS) is 15.9. The van der Waals surface area contributed by atoms with E-state index in [0.717, 1.165) is 57.9 Å². The maximum atomic E-state index is 12.1. The van der Waals surface area contributed by atoms with Gasteiger partial charge in [0, 0.05) is 26.2 Å². The van der Waals surface area contributed by atoms with E-state index < -0.39 is 0 Å². The van der Waals surface area contributed by atoms with Crippen LogP contribution in [0.2, 0.25) is 0 Å². The molecular formula is C20H32N2O3. The van der Waals surface area contributed by atoms with Gasteiger partial charge >= 0.3 is 6.09 Å². The average Bonchev–Trinajstić information content (AvgIpc) is 2.84. The molecule has 0 radical (unpaired) electrons. The number of benzene rings is 1. The van der Waals surface area contributed by atoms with E-state index in [1.54, 1.807) is 0 Å². The van der Waals surface area contributed by atoms with Gasteiger partial charge in [-0.3, -0.25) is 0 Å². The molecule has 0 saturated carbocycles. The fraction of sp³-hybridized carbons (Fsp3) is 0.650. The van der Waals surface area contributed by atoms with Crippen LogP contribution in [0.1, 0.15) is 32.3 Å². The fourth-order valence-electron chi connectivity index (χ4n) is 2.89. The summed E-state index contributed by atoms with van der Waals surface area (Å²) < 4.78 is 11.2. The van der Waals surface area contributed by atoms with Crippen molar-refractivity contribution in [3.8, 4) is 5.75 Å². The van der Waals surface area contributed by atoms with Crippen molar-refractivity contribution in [1.82, 2.24) is 9.80 Å². The molecule has 1 aliphatic rings. The second-order valence-electron chi connectivity index (χ2n) is 7.12. The van der Waals surface area contributed by atoms with Crippen LogP contribution in [0.3, 0.4) is 0 Å². The molecule has 0 unspecified atom stereocenters. The maximum absolute atomic E-state index is 12.1. The number of carbonyl (C=O) groups is 1. The standard InChI is InChI=1S/C20H32N2O3/c1-17(2)16-25-20(23)22-12-6-10-21(13-14-22)11-7-15-24-19-9-5-4-8-18(19)3/h4-5,8-9,17H,6-7,10-16H2,1-3H3. The Kier molecular flexibility index (Phi) is 8.06. The van der Waals surface area contributed by atoms with Gasteiger partial charge in [0.05, 0.1) is 13.2 Å². The molecule has 2 rings (SSSR count). The molecule has 0 N–H and O–H groups in total. The van der Waals surface area contributed by atoms with Crippen molar-refractivity contribution in [2.45, 2.75) is 33.6 Å². The minimum atomic E-state index is -0.168. The Morgan fingerprint density at radius 3 is 2.72 bits per heavy atom. The molecule has 5 nitrogen and oxygen atoms in total. The number of ether oxygens (including phenoxy) is 2. The van der Waals surface area contributed by atoms with Gasteiger partial charge in [-0.2, -0.15) is 0 Å². The molecule has 5 heteroatoms. The van der Waals surface area contributed by atoms with Gasteiger partial charge in [-0.15, -0.1) is 0 Å². The minimum Gasteiger partial charge on any atom is -0.493 e. The molecule has 1 aliphatic heterocycles. The molecule has 0 atom stereocenters. The third-order valence-electron chi connectivity index (χ3n) is 4.36. The Bertz CT molecular complexity index is 533. The second-order valence-corrected chi connectivity index (χ2v) is 7.12. The lowest BCUT2D eigenvalue weighted by atomic mass is 10.2. The van der Waals surface area contributed by atoms with Gasteiger partial charge in [0.2, 0.25) is 0 Å². The number of amides is 1. The van der Waals surface area contributed by atoms with Crippen molar-refractivity contribution >= 4 is 6.09 Å². The first kappa shape index (κ1) is 19.6. The third kappa shape index (κ3) is 6.94. The SMILES string of the molecule is Cc1ccccc1OCCCN1CCCN(C(=O)OCC(C)C)CC1. The number of carbonyl (C=O) groups excluding carboxylic acids is 1. The monoisotopic (exact) mass is 348 g/mol. The number of rotatable bonds is 7. The number of para-hydroxylation sites is 1. The summed E-state index contributed by atoms with van der Waals surface area (Å²) in [7, 11) is 0. The predicted molar refractivity (Wildman–Crippen MR) is 100 cm³/mol. The van der Waals surface area contributed by atoms with E-state index in [2.05, 4.69) is 31.7 Å². The van der Waals surface area contributed by atoms with Gasteiger partial charge in [0.25, 0.3) is 0 Å². The Morgan fingerprint density at radius 1 is 1.16 bits per heavy atom. The highest BCUT2D eigenvalue weighted by Crippen LogP contribution is 2.16. The molecule has 1 saturated heterocycles. The molecule has 1 aromatic rings. The molecule has 1 fully saturated rings. The van der Waals surface area contributed by atoms with Gasteiger partial charge in [0.1, 0.15) is 5.75 Å². The first-order valence-electron chi connectivity index (χ1n) is 9.38. The fourth-order valence-corrected chi connectivity index (χ4v) is 2.89. The predicted octanol–water partition coefficient (Wildman–Crippen LogP) is 3.56. The Hall–Kier alpha value is -1.75. The molecule has 1 heterocycles. The van der Waals surface area contributed by atoms with E-state index >= 15 is 0 Å². The number of hydrogen-bond donors (Lipinski definition) is 0. The lowest BCUT2D eigenvalue weighted by Gasteiger charge is -2.22. The lowest BCUT2D eigenvalue weighted by molar-refractivity contribution is 0.0930. The van der Waals surface area contributed by atoms with E-state index in [1.807, 2.05) is 23.1 Å². The zero-order valence-corrected chi connectivity index (χ0v) is 15.9. The topological polar surface area (TPSA) is 42.0 Å². The van der Waals surface area contributed by atoms with E-state index in [-0.39, 0.29) is 6.09 Å². The van der Waals surface area contributed by atoms with Crippen molar-refractivity contribution in [3.05, 3.63) is 29.8 Å². The molecule has 0 aromatic heterocycles. The zero-order valence-electron chi connectivity index (χ0n) is 15.9. The summed E-state index contributed by atoms with van der Waals surface area (Å²) in [5.41, 5.74) is 1.17. The van der Waals surface area contributed by atoms with Gasteiger partial charge in [-0.05, 0) is 43.9 Å². The van der Waals surface area contributed by atoms with Crippen LogP contribution < -0.4 is 4.74 Å².